The topological polar surface area (TPSA) is 139 Å². The van der Waals surface area contributed by atoms with Gasteiger partial charge in [0.25, 0.3) is 5.69 Å². The summed E-state index contributed by atoms with van der Waals surface area (Å²) >= 11 is 0. The van der Waals surface area contributed by atoms with Gasteiger partial charge in [-0.3, -0.25) is 24.0 Å². The molecule has 1 N–H and O–H groups in total. The van der Waals surface area contributed by atoms with E-state index in [0.29, 0.717) is 29.8 Å². The third kappa shape index (κ3) is 7.17. The number of aryl methyl sites for hydroxylation is 1. The SMILES string of the molecule is CCNC(=O)C(CC)N(Cc1ccc(OC)cc1)C(=O)CN(c1cc([N+](=O)[O-])ccc1C)S(C)(=O)=O. The van der Waals surface area contributed by atoms with Gasteiger partial charge in [-0.2, -0.15) is 0 Å². The Kier molecular flexibility index (Phi) is 9.79. The zero-order chi connectivity index (χ0) is 27.0. The molecule has 0 radical (unpaired) electrons. The molecular formula is C24H32N4O7S. The van der Waals surface area contributed by atoms with Gasteiger partial charge in [-0.1, -0.05) is 25.1 Å². The highest BCUT2D eigenvalue weighted by atomic mass is 32.2. The van der Waals surface area contributed by atoms with Crippen LogP contribution in [0.5, 0.6) is 5.75 Å². The summed E-state index contributed by atoms with van der Waals surface area (Å²) < 4.78 is 31.4. The van der Waals surface area contributed by atoms with Crippen molar-refractivity contribution >= 4 is 33.2 Å². The summed E-state index contributed by atoms with van der Waals surface area (Å²) in [5.74, 6) is -0.364. The maximum Gasteiger partial charge on any atom is 0.271 e. The predicted octanol–water partition coefficient (Wildman–Crippen LogP) is 2.62. The van der Waals surface area contributed by atoms with Crippen LogP contribution in [0, 0.1) is 17.0 Å². The third-order valence-electron chi connectivity index (χ3n) is 5.60. The van der Waals surface area contributed by atoms with E-state index in [1.54, 1.807) is 45.0 Å². The fourth-order valence-corrected chi connectivity index (χ4v) is 4.61. The molecule has 2 aromatic carbocycles. The van der Waals surface area contributed by atoms with Crippen LogP contribution in [0.2, 0.25) is 0 Å². The van der Waals surface area contributed by atoms with Gasteiger partial charge in [-0.25, -0.2) is 8.42 Å². The Hall–Kier alpha value is -3.67. The number of nitrogens with one attached hydrogen (secondary N) is 1. The number of nitro groups is 1. The van der Waals surface area contributed by atoms with Crippen LogP contribution in [0.3, 0.4) is 0 Å². The molecule has 11 nitrogen and oxygen atoms in total. The molecule has 2 aromatic rings. The predicted molar refractivity (Wildman–Crippen MR) is 136 cm³/mol. The van der Waals surface area contributed by atoms with E-state index in [2.05, 4.69) is 5.32 Å². The smallest absolute Gasteiger partial charge is 0.271 e. The highest BCUT2D eigenvalue weighted by Gasteiger charge is 2.32. The lowest BCUT2D eigenvalue weighted by Crippen LogP contribution is -2.52. The normalized spacial score (nSPS) is 11.9. The van der Waals surface area contributed by atoms with Gasteiger partial charge in [-0.15, -0.1) is 0 Å². The first-order chi connectivity index (χ1) is 16.9. The molecule has 0 fully saturated rings. The molecule has 0 heterocycles. The number of likely N-dealkylation sites (N-methyl/N-ethyl adjacent to an activating group) is 1. The van der Waals surface area contributed by atoms with Gasteiger partial charge in [0.15, 0.2) is 0 Å². The van der Waals surface area contributed by atoms with Gasteiger partial charge in [0, 0.05) is 25.2 Å². The molecule has 0 saturated carbocycles. The van der Waals surface area contributed by atoms with Gasteiger partial charge in [0.2, 0.25) is 21.8 Å². The van der Waals surface area contributed by atoms with Crippen molar-refractivity contribution in [1.82, 2.24) is 10.2 Å². The molecule has 36 heavy (non-hydrogen) atoms. The summed E-state index contributed by atoms with van der Waals surface area (Å²) in [6.45, 7) is 4.89. The van der Waals surface area contributed by atoms with Gasteiger partial charge in [0.1, 0.15) is 18.3 Å². The highest BCUT2D eigenvalue weighted by molar-refractivity contribution is 7.92. The van der Waals surface area contributed by atoms with Crippen molar-refractivity contribution in [2.45, 2.75) is 39.8 Å². The van der Waals surface area contributed by atoms with Gasteiger partial charge < -0.3 is 15.0 Å². The maximum atomic E-state index is 13.6. The zero-order valence-electron chi connectivity index (χ0n) is 21.1. The number of amides is 2. The number of carbonyl (C=O) groups excluding carboxylic acids is 2. The van der Waals surface area contributed by atoms with Crippen LogP contribution in [0.4, 0.5) is 11.4 Å². The van der Waals surface area contributed by atoms with Crippen LogP contribution in [0.25, 0.3) is 0 Å². The van der Waals surface area contributed by atoms with E-state index in [4.69, 9.17) is 4.74 Å². The molecule has 0 bridgehead atoms. The van der Waals surface area contributed by atoms with Gasteiger partial charge in [0.05, 0.1) is 24.0 Å². The fraction of sp³-hybridized carbons (Fsp3) is 0.417. The monoisotopic (exact) mass is 520 g/mol. The van der Waals surface area contributed by atoms with Crippen LogP contribution < -0.4 is 14.4 Å². The first-order valence-electron chi connectivity index (χ1n) is 11.4. The lowest BCUT2D eigenvalue weighted by atomic mass is 10.1. The molecule has 1 unspecified atom stereocenters. The van der Waals surface area contributed by atoms with Crippen LogP contribution in [-0.4, -0.2) is 62.6 Å². The van der Waals surface area contributed by atoms with Crippen molar-refractivity contribution < 1.29 is 27.7 Å². The van der Waals surface area contributed by atoms with E-state index in [1.165, 1.54) is 24.1 Å². The molecule has 0 spiro atoms. The minimum absolute atomic E-state index is 0.0236. The molecule has 2 rings (SSSR count). The Bertz CT molecular complexity index is 1200. The second kappa shape index (κ2) is 12.3. The number of hydrogen-bond donors (Lipinski definition) is 1. The second-order valence-electron chi connectivity index (χ2n) is 8.19. The number of sulfonamides is 1. The number of hydrogen-bond acceptors (Lipinski definition) is 7. The van der Waals surface area contributed by atoms with E-state index in [9.17, 15) is 28.1 Å². The minimum Gasteiger partial charge on any atom is -0.497 e. The van der Waals surface area contributed by atoms with E-state index in [1.807, 2.05) is 0 Å². The lowest BCUT2D eigenvalue weighted by Gasteiger charge is -2.33. The largest absolute Gasteiger partial charge is 0.497 e. The summed E-state index contributed by atoms with van der Waals surface area (Å²) in [6.07, 6.45) is 1.22. The van der Waals surface area contributed by atoms with Crippen molar-refractivity contribution in [3.63, 3.8) is 0 Å². The lowest BCUT2D eigenvalue weighted by molar-refractivity contribution is -0.384. The average molecular weight is 521 g/mol. The Morgan fingerprint density at radius 3 is 2.28 bits per heavy atom. The number of carbonyl (C=O) groups is 2. The number of ether oxygens (including phenoxy) is 1. The standard InChI is InChI=1S/C24H32N4O7S/c1-6-21(24(30)25-7-2)26(15-18-9-12-20(35-4)13-10-18)23(29)16-27(36(5,33)34)22-14-19(28(31)32)11-8-17(22)3/h8-14,21H,6-7,15-16H2,1-5H3,(H,25,30). The second-order valence-corrected chi connectivity index (χ2v) is 10.1. The Labute approximate surface area is 211 Å². The van der Waals surface area contributed by atoms with Crippen LogP contribution >= 0.6 is 0 Å². The summed E-state index contributed by atoms with van der Waals surface area (Å²) in [5, 5.41) is 14.0. The van der Waals surface area contributed by atoms with Crippen molar-refractivity contribution in [3.05, 3.63) is 63.7 Å². The summed E-state index contributed by atoms with van der Waals surface area (Å²) in [5.41, 5.74) is 0.872. The highest BCUT2D eigenvalue weighted by Crippen LogP contribution is 2.28. The summed E-state index contributed by atoms with van der Waals surface area (Å²) in [7, 11) is -2.48. The number of nitro benzene ring substituents is 1. The molecule has 0 aliphatic rings. The molecule has 2 amide bonds. The molecule has 0 saturated heterocycles. The number of nitrogens with zero attached hydrogens (tertiary/aromatic N) is 3. The molecule has 1 atom stereocenters. The molecule has 0 aliphatic heterocycles. The first kappa shape index (κ1) is 28.6. The van der Waals surface area contributed by atoms with Gasteiger partial charge >= 0.3 is 0 Å². The Balaban J connectivity index is 2.51. The zero-order valence-corrected chi connectivity index (χ0v) is 21.9. The minimum atomic E-state index is -4.01. The van der Waals surface area contributed by atoms with Gasteiger partial charge in [-0.05, 0) is 43.5 Å². The van der Waals surface area contributed by atoms with Crippen LogP contribution in [0.15, 0.2) is 42.5 Å². The quantitative estimate of drug-likeness (QED) is 0.335. The molecule has 12 heteroatoms. The Morgan fingerprint density at radius 2 is 1.78 bits per heavy atom. The van der Waals surface area contributed by atoms with Crippen molar-refractivity contribution in [2.75, 3.05) is 30.8 Å². The number of anilines is 1. The van der Waals surface area contributed by atoms with E-state index >= 15 is 0 Å². The molecule has 0 aromatic heterocycles. The first-order valence-corrected chi connectivity index (χ1v) is 13.2. The maximum absolute atomic E-state index is 13.6. The Morgan fingerprint density at radius 1 is 1.14 bits per heavy atom. The van der Waals surface area contributed by atoms with E-state index in [-0.39, 0.29) is 23.8 Å². The van der Waals surface area contributed by atoms with Crippen molar-refractivity contribution in [1.29, 1.82) is 0 Å². The number of non-ortho nitro benzene ring substituents is 1. The van der Waals surface area contributed by atoms with E-state index < -0.39 is 33.4 Å². The average Bonchev–Trinajstić information content (AvgIpc) is 2.82. The van der Waals surface area contributed by atoms with Crippen LogP contribution in [-0.2, 0) is 26.2 Å². The molecule has 196 valence electrons. The number of rotatable bonds is 12. The number of benzene rings is 2. The number of methoxy groups -OCH3 is 1. The van der Waals surface area contributed by atoms with Crippen molar-refractivity contribution in [2.24, 2.45) is 0 Å². The fourth-order valence-electron chi connectivity index (χ4n) is 3.71. The van der Waals surface area contributed by atoms with Crippen molar-refractivity contribution in [3.8, 4) is 5.75 Å². The third-order valence-corrected chi connectivity index (χ3v) is 6.73. The van der Waals surface area contributed by atoms with E-state index in [0.717, 1.165) is 16.6 Å². The van der Waals surface area contributed by atoms with Crippen LogP contribution in [0.1, 0.15) is 31.4 Å². The summed E-state index contributed by atoms with van der Waals surface area (Å²) in [6, 6.07) is 9.91. The summed E-state index contributed by atoms with van der Waals surface area (Å²) in [4.78, 5) is 38.4. The molecular weight excluding hydrogens is 488 g/mol. The molecule has 0 aliphatic carbocycles.